The fraction of sp³-hybridized carbons (Fsp3) is 0.333. The van der Waals surface area contributed by atoms with Crippen LogP contribution in [0.15, 0.2) is 43.2 Å². The Bertz CT molecular complexity index is 1380. The van der Waals surface area contributed by atoms with Crippen molar-refractivity contribution in [3.63, 3.8) is 0 Å². The summed E-state index contributed by atoms with van der Waals surface area (Å²) in [5.41, 5.74) is 4.22. The molecule has 5 heterocycles. The number of nitrogens with zero attached hydrogens (tertiary/aromatic N) is 7. The molecular weight excluding hydrogens is 446 g/mol. The second-order valence-electron chi connectivity index (χ2n) is 8.76. The van der Waals surface area contributed by atoms with Gasteiger partial charge in [0, 0.05) is 18.8 Å². The van der Waals surface area contributed by atoms with Crippen molar-refractivity contribution in [1.29, 1.82) is 0 Å². The van der Waals surface area contributed by atoms with Gasteiger partial charge in [0.05, 0.1) is 71.4 Å². The van der Waals surface area contributed by atoms with Crippen molar-refractivity contribution in [2.45, 2.75) is 26.2 Å². The summed E-state index contributed by atoms with van der Waals surface area (Å²) in [6.07, 6.45) is 13.5. The first kappa shape index (κ1) is 22.7. The van der Waals surface area contributed by atoms with E-state index in [1.165, 1.54) is 12.6 Å². The van der Waals surface area contributed by atoms with Gasteiger partial charge in [0.15, 0.2) is 0 Å². The third kappa shape index (κ3) is 5.04. The highest BCUT2D eigenvalue weighted by Crippen LogP contribution is 2.22. The average molecular weight is 474 g/mol. The summed E-state index contributed by atoms with van der Waals surface area (Å²) in [5.74, 6) is -0.425. The SMILES string of the molecule is Cc1ncc(NC(=O)CN2CCCCC2)cc1NC(=O)c1cnn2cc(-c3cnn(C)c3)ncc12. The van der Waals surface area contributed by atoms with Crippen LogP contribution in [0.3, 0.4) is 0 Å². The van der Waals surface area contributed by atoms with E-state index in [0.29, 0.717) is 40.4 Å². The molecule has 4 aromatic rings. The van der Waals surface area contributed by atoms with Gasteiger partial charge in [0.25, 0.3) is 5.91 Å². The van der Waals surface area contributed by atoms with Gasteiger partial charge in [-0.1, -0.05) is 6.42 Å². The molecule has 0 radical (unpaired) electrons. The minimum Gasteiger partial charge on any atom is -0.324 e. The fourth-order valence-corrected chi connectivity index (χ4v) is 4.20. The monoisotopic (exact) mass is 473 g/mol. The molecule has 0 atom stereocenters. The van der Waals surface area contributed by atoms with Crippen LogP contribution in [0.1, 0.15) is 35.3 Å². The number of rotatable bonds is 6. The number of pyridine rings is 1. The maximum absolute atomic E-state index is 13.1. The largest absolute Gasteiger partial charge is 0.324 e. The van der Waals surface area contributed by atoms with Crippen LogP contribution in [0, 0.1) is 6.92 Å². The van der Waals surface area contributed by atoms with Crippen molar-refractivity contribution in [3.8, 4) is 11.3 Å². The third-order valence-corrected chi connectivity index (χ3v) is 6.08. The summed E-state index contributed by atoms with van der Waals surface area (Å²) in [6.45, 7) is 4.04. The van der Waals surface area contributed by atoms with Crippen molar-refractivity contribution >= 4 is 28.7 Å². The zero-order valence-electron chi connectivity index (χ0n) is 19.7. The van der Waals surface area contributed by atoms with Crippen LogP contribution in [0.25, 0.3) is 16.8 Å². The normalized spacial score (nSPS) is 14.2. The van der Waals surface area contributed by atoms with Crippen LogP contribution in [0.2, 0.25) is 0 Å². The van der Waals surface area contributed by atoms with Gasteiger partial charge in [0.2, 0.25) is 5.91 Å². The van der Waals surface area contributed by atoms with Gasteiger partial charge in [-0.2, -0.15) is 10.2 Å². The zero-order chi connectivity index (χ0) is 24.4. The Hall–Kier alpha value is -4.12. The van der Waals surface area contributed by atoms with Gasteiger partial charge >= 0.3 is 0 Å². The Balaban J connectivity index is 1.29. The molecule has 2 N–H and O–H groups in total. The fourth-order valence-electron chi connectivity index (χ4n) is 4.20. The molecule has 11 heteroatoms. The highest BCUT2D eigenvalue weighted by Gasteiger charge is 2.17. The molecule has 0 bridgehead atoms. The van der Waals surface area contributed by atoms with Gasteiger partial charge in [-0.25, -0.2) is 4.52 Å². The van der Waals surface area contributed by atoms with Crippen LogP contribution in [0.4, 0.5) is 11.4 Å². The first-order valence-corrected chi connectivity index (χ1v) is 11.6. The van der Waals surface area contributed by atoms with Crippen LogP contribution in [-0.4, -0.2) is 65.7 Å². The van der Waals surface area contributed by atoms with Crippen molar-refractivity contribution in [3.05, 3.63) is 54.5 Å². The van der Waals surface area contributed by atoms with E-state index in [2.05, 4.69) is 35.7 Å². The molecule has 11 nitrogen and oxygen atoms in total. The number of hydrogen-bond donors (Lipinski definition) is 2. The summed E-state index contributed by atoms with van der Waals surface area (Å²) in [4.78, 5) is 36.5. The van der Waals surface area contributed by atoms with Gasteiger partial charge in [-0.15, -0.1) is 0 Å². The van der Waals surface area contributed by atoms with Gasteiger partial charge in [0.1, 0.15) is 0 Å². The van der Waals surface area contributed by atoms with Crippen LogP contribution in [0.5, 0.6) is 0 Å². The smallest absolute Gasteiger partial charge is 0.259 e. The molecule has 35 heavy (non-hydrogen) atoms. The third-order valence-electron chi connectivity index (χ3n) is 6.08. The van der Waals surface area contributed by atoms with E-state index >= 15 is 0 Å². The lowest BCUT2D eigenvalue weighted by molar-refractivity contribution is -0.117. The van der Waals surface area contributed by atoms with Gasteiger partial charge in [-0.3, -0.25) is 29.1 Å². The molecule has 5 rings (SSSR count). The molecule has 0 aliphatic carbocycles. The molecular formula is C24H27N9O2. The second-order valence-corrected chi connectivity index (χ2v) is 8.76. The van der Waals surface area contributed by atoms with Crippen LogP contribution >= 0.6 is 0 Å². The number of amides is 2. The molecule has 1 fully saturated rings. The molecule has 180 valence electrons. The standard InChI is InChI=1S/C24H27N9O2/c1-16-20(8-18(10-25-16)29-23(34)15-32-6-4-3-5-7-32)30-24(35)19-11-28-33-14-21(26-12-22(19)33)17-9-27-31(2)13-17/h8-14H,3-7,15H2,1-2H3,(H,29,34)(H,30,35). The minimum absolute atomic E-state index is 0.0899. The van der Waals surface area contributed by atoms with E-state index in [0.717, 1.165) is 31.5 Å². The number of likely N-dealkylation sites (tertiary alicyclic amines) is 1. The first-order chi connectivity index (χ1) is 17.0. The number of fused-ring (bicyclic) bond motifs is 1. The highest BCUT2D eigenvalue weighted by atomic mass is 16.2. The number of nitrogens with one attached hydrogen (secondary N) is 2. The van der Waals surface area contributed by atoms with Crippen molar-refractivity contribution < 1.29 is 9.59 Å². The quantitative estimate of drug-likeness (QED) is 0.441. The topological polar surface area (TPSA) is 122 Å². The summed E-state index contributed by atoms with van der Waals surface area (Å²) in [5, 5.41) is 14.3. The van der Waals surface area contributed by atoms with E-state index in [-0.39, 0.29) is 11.8 Å². The highest BCUT2D eigenvalue weighted by molar-refractivity contribution is 6.09. The van der Waals surface area contributed by atoms with Crippen molar-refractivity contribution in [2.24, 2.45) is 7.05 Å². The predicted octanol–water partition coefficient (Wildman–Crippen LogP) is 2.51. The predicted molar refractivity (Wildman–Crippen MR) is 131 cm³/mol. The van der Waals surface area contributed by atoms with Crippen LogP contribution < -0.4 is 10.6 Å². The van der Waals surface area contributed by atoms with E-state index in [9.17, 15) is 9.59 Å². The second kappa shape index (κ2) is 9.63. The van der Waals surface area contributed by atoms with Crippen LogP contribution in [-0.2, 0) is 11.8 Å². The Labute approximate surface area is 202 Å². The van der Waals surface area contributed by atoms with E-state index in [1.807, 2.05) is 13.2 Å². The molecule has 0 saturated carbocycles. The number of hydrogen-bond acceptors (Lipinski definition) is 7. The van der Waals surface area contributed by atoms with E-state index in [1.54, 1.807) is 47.0 Å². The Kier molecular flexibility index (Phi) is 6.23. The summed E-state index contributed by atoms with van der Waals surface area (Å²) in [6, 6.07) is 1.72. The minimum atomic E-state index is -0.336. The molecule has 0 unspecified atom stereocenters. The molecule has 4 aromatic heterocycles. The summed E-state index contributed by atoms with van der Waals surface area (Å²) in [7, 11) is 1.84. The van der Waals surface area contributed by atoms with Crippen molar-refractivity contribution in [2.75, 3.05) is 30.3 Å². The number of aryl methyl sites for hydroxylation is 2. The van der Waals surface area contributed by atoms with Gasteiger partial charge in [-0.05, 0) is 38.9 Å². The zero-order valence-corrected chi connectivity index (χ0v) is 19.7. The molecule has 2 amide bonds. The summed E-state index contributed by atoms with van der Waals surface area (Å²) >= 11 is 0. The average Bonchev–Trinajstić information content (AvgIpc) is 3.47. The lowest BCUT2D eigenvalue weighted by Crippen LogP contribution is -2.36. The molecule has 1 aliphatic heterocycles. The Morgan fingerprint density at radius 3 is 2.57 bits per heavy atom. The molecule has 0 spiro atoms. The van der Waals surface area contributed by atoms with Crippen molar-refractivity contribution in [1.82, 2.24) is 34.3 Å². The number of anilines is 2. The maximum atomic E-state index is 13.1. The number of carbonyl (C=O) groups is 2. The maximum Gasteiger partial charge on any atom is 0.259 e. The lowest BCUT2D eigenvalue weighted by Gasteiger charge is -2.25. The molecule has 1 saturated heterocycles. The molecule has 1 aliphatic rings. The Morgan fingerprint density at radius 2 is 1.80 bits per heavy atom. The van der Waals surface area contributed by atoms with E-state index < -0.39 is 0 Å². The van der Waals surface area contributed by atoms with E-state index in [4.69, 9.17) is 0 Å². The number of piperidine rings is 1. The number of aromatic nitrogens is 6. The lowest BCUT2D eigenvalue weighted by atomic mass is 10.1. The van der Waals surface area contributed by atoms with Gasteiger partial charge < -0.3 is 10.6 Å². The summed E-state index contributed by atoms with van der Waals surface area (Å²) < 4.78 is 3.32. The number of carbonyl (C=O) groups excluding carboxylic acids is 2. The Morgan fingerprint density at radius 1 is 0.971 bits per heavy atom. The first-order valence-electron chi connectivity index (χ1n) is 11.6. The molecule has 0 aromatic carbocycles.